The normalized spacial score (nSPS) is 19.2. The molecule has 0 saturated carbocycles. The molecule has 0 bridgehead atoms. The first-order chi connectivity index (χ1) is 7.93. The number of nitrogens with zero attached hydrogens (tertiary/aromatic N) is 2. The van der Waals surface area contributed by atoms with Gasteiger partial charge in [-0.15, -0.1) is 0 Å². The van der Waals surface area contributed by atoms with Crippen molar-refractivity contribution in [3.63, 3.8) is 0 Å². The molecule has 1 heterocycles. The van der Waals surface area contributed by atoms with Gasteiger partial charge in [0.2, 0.25) is 11.8 Å². The van der Waals surface area contributed by atoms with Crippen molar-refractivity contribution in [3.8, 4) is 0 Å². The standard InChI is InChI=1S/C11H18N2O4/c1-8(14)13-6-3-4-9(13)11(17)12(2)7-5-10(15)16/h9H,3-7H2,1-2H3,(H,15,16). The Bertz CT molecular complexity index is 329. The molecule has 1 aliphatic heterocycles. The molecule has 1 saturated heterocycles. The van der Waals surface area contributed by atoms with Gasteiger partial charge >= 0.3 is 5.97 Å². The summed E-state index contributed by atoms with van der Waals surface area (Å²) in [5, 5.41) is 8.55. The highest BCUT2D eigenvalue weighted by molar-refractivity contribution is 5.87. The van der Waals surface area contributed by atoms with Crippen molar-refractivity contribution >= 4 is 17.8 Å². The number of carboxylic acid groups (broad SMARTS) is 1. The molecule has 0 aromatic heterocycles. The first kappa shape index (κ1) is 13.5. The maximum absolute atomic E-state index is 12.0. The molecule has 0 aliphatic carbocycles. The molecular weight excluding hydrogens is 224 g/mol. The number of hydrogen-bond donors (Lipinski definition) is 1. The van der Waals surface area contributed by atoms with Crippen molar-refractivity contribution in [1.82, 2.24) is 9.80 Å². The van der Waals surface area contributed by atoms with Gasteiger partial charge in [-0.2, -0.15) is 0 Å². The lowest BCUT2D eigenvalue weighted by Gasteiger charge is -2.26. The molecule has 96 valence electrons. The molecule has 0 aromatic carbocycles. The summed E-state index contributed by atoms with van der Waals surface area (Å²) in [6.07, 6.45) is 1.41. The SMILES string of the molecule is CC(=O)N1CCCC1C(=O)N(C)CCC(=O)O. The van der Waals surface area contributed by atoms with Crippen LogP contribution in [0.2, 0.25) is 0 Å². The fourth-order valence-electron chi connectivity index (χ4n) is 2.03. The summed E-state index contributed by atoms with van der Waals surface area (Å²) in [6, 6.07) is -0.411. The third-order valence-electron chi connectivity index (χ3n) is 2.98. The minimum absolute atomic E-state index is 0.0744. The average Bonchev–Trinajstić information content (AvgIpc) is 2.73. The number of aliphatic carboxylic acids is 1. The summed E-state index contributed by atoms with van der Waals surface area (Å²) in [7, 11) is 1.57. The van der Waals surface area contributed by atoms with Gasteiger partial charge in [-0.25, -0.2) is 0 Å². The Labute approximate surface area is 100 Å². The molecule has 0 radical (unpaired) electrons. The van der Waals surface area contributed by atoms with Gasteiger partial charge in [0.1, 0.15) is 6.04 Å². The summed E-state index contributed by atoms with van der Waals surface area (Å²) < 4.78 is 0. The Morgan fingerprint density at radius 3 is 2.59 bits per heavy atom. The average molecular weight is 242 g/mol. The minimum atomic E-state index is -0.931. The summed E-state index contributed by atoms with van der Waals surface area (Å²) in [5.41, 5.74) is 0. The zero-order valence-electron chi connectivity index (χ0n) is 10.2. The Balaban J connectivity index is 2.56. The first-order valence-electron chi connectivity index (χ1n) is 5.67. The van der Waals surface area contributed by atoms with Crippen LogP contribution in [0.15, 0.2) is 0 Å². The third kappa shape index (κ3) is 3.44. The molecule has 1 fully saturated rings. The number of hydrogen-bond acceptors (Lipinski definition) is 3. The molecule has 1 unspecified atom stereocenters. The number of likely N-dealkylation sites (tertiary alicyclic amines) is 1. The second-order valence-electron chi connectivity index (χ2n) is 4.27. The van der Waals surface area contributed by atoms with Gasteiger partial charge in [0.05, 0.1) is 6.42 Å². The summed E-state index contributed by atoms with van der Waals surface area (Å²) in [4.78, 5) is 36.7. The van der Waals surface area contributed by atoms with Gasteiger partial charge in [0, 0.05) is 27.1 Å². The van der Waals surface area contributed by atoms with Crippen molar-refractivity contribution in [1.29, 1.82) is 0 Å². The number of carbonyl (C=O) groups is 3. The fourth-order valence-corrected chi connectivity index (χ4v) is 2.03. The Hall–Kier alpha value is -1.59. The molecule has 1 N–H and O–H groups in total. The minimum Gasteiger partial charge on any atom is -0.481 e. The van der Waals surface area contributed by atoms with Crippen LogP contribution in [-0.2, 0) is 14.4 Å². The van der Waals surface area contributed by atoms with Gasteiger partial charge in [-0.05, 0) is 12.8 Å². The van der Waals surface area contributed by atoms with Crippen molar-refractivity contribution in [2.45, 2.75) is 32.2 Å². The summed E-state index contributed by atoms with van der Waals surface area (Å²) in [5.74, 6) is -1.20. The van der Waals surface area contributed by atoms with Crippen LogP contribution in [0.1, 0.15) is 26.2 Å². The smallest absolute Gasteiger partial charge is 0.305 e. The van der Waals surface area contributed by atoms with E-state index in [4.69, 9.17) is 5.11 Å². The summed E-state index contributed by atoms with van der Waals surface area (Å²) in [6.45, 7) is 2.23. The van der Waals surface area contributed by atoms with Crippen LogP contribution in [0.3, 0.4) is 0 Å². The molecule has 1 rings (SSSR count). The van der Waals surface area contributed by atoms with E-state index in [-0.39, 0.29) is 24.8 Å². The highest BCUT2D eigenvalue weighted by Crippen LogP contribution is 2.19. The molecular formula is C11H18N2O4. The highest BCUT2D eigenvalue weighted by atomic mass is 16.4. The molecule has 1 aliphatic rings. The highest BCUT2D eigenvalue weighted by Gasteiger charge is 2.33. The van der Waals surface area contributed by atoms with Gasteiger partial charge in [-0.3, -0.25) is 14.4 Å². The van der Waals surface area contributed by atoms with Gasteiger partial charge in [0.25, 0.3) is 0 Å². The van der Waals surface area contributed by atoms with Crippen LogP contribution in [0, 0.1) is 0 Å². The predicted octanol–water partition coefficient (Wildman–Crippen LogP) is -0.0696. The van der Waals surface area contributed by atoms with Crippen molar-refractivity contribution in [3.05, 3.63) is 0 Å². The van der Waals surface area contributed by atoms with Crippen LogP contribution < -0.4 is 0 Å². The number of amides is 2. The van der Waals surface area contributed by atoms with Crippen LogP contribution in [-0.4, -0.2) is 58.9 Å². The lowest BCUT2D eigenvalue weighted by molar-refractivity contribution is -0.143. The molecule has 0 aromatic rings. The van der Waals surface area contributed by atoms with Gasteiger partial charge in [-0.1, -0.05) is 0 Å². The van der Waals surface area contributed by atoms with Crippen LogP contribution >= 0.6 is 0 Å². The number of carboxylic acids is 1. The van der Waals surface area contributed by atoms with Crippen LogP contribution in [0.4, 0.5) is 0 Å². The van der Waals surface area contributed by atoms with E-state index in [1.807, 2.05) is 0 Å². The molecule has 2 amide bonds. The Morgan fingerprint density at radius 1 is 1.41 bits per heavy atom. The van der Waals surface area contributed by atoms with E-state index in [1.165, 1.54) is 11.8 Å². The summed E-state index contributed by atoms with van der Waals surface area (Å²) >= 11 is 0. The number of rotatable bonds is 4. The molecule has 6 nitrogen and oxygen atoms in total. The molecule has 0 spiro atoms. The largest absolute Gasteiger partial charge is 0.481 e. The maximum Gasteiger partial charge on any atom is 0.305 e. The monoisotopic (exact) mass is 242 g/mol. The van der Waals surface area contributed by atoms with Crippen molar-refractivity contribution in [2.24, 2.45) is 0 Å². The molecule has 17 heavy (non-hydrogen) atoms. The van der Waals surface area contributed by atoms with E-state index in [1.54, 1.807) is 11.9 Å². The zero-order valence-corrected chi connectivity index (χ0v) is 10.2. The second-order valence-corrected chi connectivity index (χ2v) is 4.27. The predicted molar refractivity (Wildman–Crippen MR) is 60.3 cm³/mol. The van der Waals surface area contributed by atoms with E-state index < -0.39 is 12.0 Å². The van der Waals surface area contributed by atoms with Gasteiger partial charge in [0.15, 0.2) is 0 Å². The second kappa shape index (κ2) is 5.65. The Morgan fingerprint density at radius 2 is 2.06 bits per heavy atom. The topological polar surface area (TPSA) is 77.9 Å². The first-order valence-corrected chi connectivity index (χ1v) is 5.67. The van der Waals surface area contributed by atoms with Crippen molar-refractivity contribution < 1.29 is 19.5 Å². The van der Waals surface area contributed by atoms with E-state index in [0.717, 1.165) is 6.42 Å². The fraction of sp³-hybridized carbons (Fsp3) is 0.727. The van der Waals surface area contributed by atoms with E-state index in [9.17, 15) is 14.4 Å². The zero-order chi connectivity index (χ0) is 13.0. The molecule has 6 heteroatoms. The van der Waals surface area contributed by atoms with E-state index in [0.29, 0.717) is 13.0 Å². The quantitative estimate of drug-likeness (QED) is 0.748. The number of carbonyl (C=O) groups excluding carboxylic acids is 2. The maximum atomic E-state index is 12.0. The lowest BCUT2D eigenvalue weighted by atomic mass is 10.2. The van der Waals surface area contributed by atoms with Crippen LogP contribution in [0.5, 0.6) is 0 Å². The van der Waals surface area contributed by atoms with Gasteiger partial charge < -0.3 is 14.9 Å². The molecule has 1 atom stereocenters. The van der Waals surface area contributed by atoms with E-state index >= 15 is 0 Å². The van der Waals surface area contributed by atoms with Crippen molar-refractivity contribution in [2.75, 3.05) is 20.1 Å². The third-order valence-corrected chi connectivity index (χ3v) is 2.98. The van der Waals surface area contributed by atoms with E-state index in [2.05, 4.69) is 0 Å². The lowest BCUT2D eigenvalue weighted by Crippen LogP contribution is -2.46. The van der Waals surface area contributed by atoms with Crippen LogP contribution in [0.25, 0.3) is 0 Å². The number of likely N-dealkylation sites (N-methyl/N-ethyl adjacent to an activating group) is 1. The Kier molecular flexibility index (Phi) is 4.48.